The van der Waals surface area contributed by atoms with Crippen LogP contribution in [0.2, 0.25) is 0 Å². The molecule has 0 spiro atoms. The largest absolute Gasteiger partial charge is 0.388 e. The van der Waals surface area contributed by atoms with Crippen LogP contribution in [-0.4, -0.2) is 34.6 Å². The third kappa shape index (κ3) is 3.05. The predicted octanol–water partition coefficient (Wildman–Crippen LogP) is 1.27. The van der Waals surface area contributed by atoms with Crippen LogP contribution in [0, 0.1) is 6.92 Å². The number of hydrogen-bond donors (Lipinski definition) is 3. The van der Waals surface area contributed by atoms with Crippen LogP contribution in [0.5, 0.6) is 0 Å². The van der Waals surface area contributed by atoms with E-state index in [0.29, 0.717) is 18.7 Å². The van der Waals surface area contributed by atoms with E-state index >= 15 is 0 Å². The molecular formula is C14H21N3O2. The highest BCUT2D eigenvalue weighted by atomic mass is 16.3. The van der Waals surface area contributed by atoms with Crippen molar-refractivity contribution in [1.29, 1.82) is 0 Å². The average molecular weight is 263 g/mol. The summed E-state index contributed by atoms with van der Waals surface area (Å²) in [5.74, 6) is 5.34. The number of likely N-dealkylation sites (tertiary alicyclic amines) is 1. The summed E-state index contributed by atoms with van der Waals surface area (Å²) < 4.78 is 0. The van der Waals surface area contributed by atoms with Gasteiger partial charge in [0.25, 0.3) is 5.91 Å². The zero-order valence-corrected chi connectivity index (χ0v) is 11.4. The summed E-state index contributed by atoms with van der Waals surface area (Å²) >= 11 is 0. The maximum absolute atomic E-state index is 12.4. The number of β-amino-alcohol motifs (C(OH)–C–C–N with tert-alkyl or cyclic N) is 1. The van der Waals surface area contributed by atoms with Crippen LogP contribution in [0.25, 0.3) is 0 Å². The van der Waals surface area contributed by atoms with Gasteiger partial charge in [-0.25, -0.2) is 0 Å². The Bertz CT molecular complexity index is 486. The Hall–Kier alpha value is -1.59. The molecule has 5 heteroatoms. The van der Waals surface area contributed by atoms with Gasteiger partial charge >= 0.3 is 0 Å². The SMILES string of the molecule is Cc1cc(C(=O)N2CCCC(C)(O)C2)ccc1NN. The van der Waals surface area contributed by atoms with Gasteiger partial charge in [-0.05, 0) is 50.5 Å². The molecule has 1 atom stereocenters. The third-order valence-corrected chi connectivity index (χ3v) is 3.59. The van der Waals surface area contributed by atoms with Gasteiger partial charge in [0.1, 0.15) is 0 Å². The van der Waals surface area contributed by atoms with Crippen LogP contribution in [0.3, 0.4) is 0 Å². The maximum atomic E-state index is 12.4. The summed E-state index contributed by atoms with van der Waals surface area (Å²) in [5.41, 5.74) is 4.18. The van der Waals surface area contributed by atoms with Crippen molar-refractivity contribution in [2.75, 3.05) is 18.5 Å². The van der Waals surface area contributed by atoms with E-state index < -0.39 is 5.60 Å². The second kappa shape index (κ2) is 5.19. The van der Waals surface area contributed by atoms with Gasteiger partial charge in [-0.1, -0.05) is 0 Å². The van der Waals surface area contributed by atoms with Crippen molar-refractivity contribution in [3.05, 3.63) is 29.3 Å². The van der Waals surface area contributed by atoms with Gasteiger partial charge < -0.3 is 15.4 Å². The molecule has 1 aromatic rings. The molecule has 19 heavy (non-hydrogen) atoms. The number of nitrogens with two attached hydrogens (primary N) is 1. The van der Waals surface area contributed by atoms with Gasteiger partial charge in [0.2, 0.25) is 0 Å². The Balaban J connectivity index is 2.17. The molecule has 1 aliphatic rings. The Morgan fingerprint density at radius 3 is 2.84 bits per heavy atom. The molecule has 1 saturated heterocycles. The third-order valence-electron chi connectivity index (χ3n) is 3.59. The highest BCUT2D eigenvalue weighted by Crippen LogP contribution is 2.23. The minimum Gasteiger partial charge on any atom is -0.388 e. The average Bonchev–Trinajstić information content (AvgIpc) is 2.36. The second-order valence-electron chi connectivity index (χ2n) is 5.50. The van der Waals surface area contributed by atoms with E-state index in [-0.39, 0.29) is 5.91 Å². The molecule has 5 nitrogen and oxygen atoms in total. The lowest BCUT2D eigenvalue weighted by molar-refractivity contribution is -0.0107. The van der Waals surface area contributed by atoms with E-state index in [0.717, 1.165) is 24.1 Å². The molecular weight excluding hydrogens is 242 g/mol. The number of carbonyl (C=O) groups excluding carboxylic acids is 1. The number of nitrogens with zero attached hydrogens (tertiary/aromatic N) is 1. The monoisotopic (exact) mass is 263 g/mol. The molecule has 1 unspecified atom stereocenters. The number of hydrazine groups is 1. The van der Waals surface area contributed by atoms with E-state index in [2.05, 4.69) is 5.43 Å². The molecule has 1 aromatic carbocycles. The number of aliphatic hydroxyl groups is 1. The van der Waals surface area contributed by atoms with Crippen LogP contribution < -0.4 is 11.3 Å². The second-order valence-corrected chi connectivity index (χ2v) is 5.50. The fourth-order valence-electron chi connectivity index (χ4n) is 2.53. The van der Waals surface area contributed by atoms with Gasteiger partial charge in [0.05, 0.1) is 11.3 Å². The van der Waals surface area contributed by atoms with E-state index in [1.165, 1.54) is 0 Å². The Labute approximate surface area is 113 Å². The number of amides is 1. The molecule has 0 aliphatic carbocycles. The first kappa shape index (κ1) is 13.8. The summed E-state index contributed by atoms with van der Waals surface area (Å²) in [4.78, 5) is 14.1. The number of benzene rings is 1. The number of aryl methyl sites for hydroxylation is 1. The van der Waals surface area contributed by atoms with Crippen molar-refractivity contribution in [3.8, 4) is 0 Å². The van der Waals surface area contributed by atoms with Crippen molar-refractivity contribution >= 4 is 11.6 Å². The number of rotatable bonds is 2. The Kier molecular flexibility index (Phi) is 3.78. The molecule has 1 amide bonds. The van der Waals surface area contributed by atoms with Crippen molar-refractivity contribution in [3.63, 3.8) is 0 Å². The summed E-state index contributed by atoms with van der Waals surface area (Å²) in [6.45, 7) is 4.77. The molecule has 0 bridgehead atoms. The molecule has 1 heterocycles. The zero-order chi connectivity index (χ0) is 14.0. The number of hydrogen-bond acceptors (Lipinski definition) is 4. The van der Waals surface area contributed by atoms with Crippen LogP contribution in [0.15, 0.2) is 18.2 Å². The molecule has 2 rings (SSSR count). The first-order chi connectivity index (χ1) is 8.93. The van der Waals surface area contributed by atoms with Crippen molar-refractivity contribution in [1.82, 2.24) is 4.90 Å². The van der Waals surface area contributed by atoms with E-state index in [1.54, 1.807) is 24.0 Å². The van der Waals surface area contributed by atoms with E-state index in [9.17, 15) is 9.90 Å². The van der Waals surface area contributed by atoms with Crippen molar-refractivity contribution < 1.29 is 9.90 Å². The minimum atomic E-state index is -0.776. The van der Waals surface area contributed by atoms with Crippen LogP contribution in [0.4, 0.5) is 5.69 Å². The molecule has 0 aromatic heterocycles. The topological polar surface area (TPSA) is 78.6 Å². The quantitative estimate of drug-likeness (QED) is 0.554. The van der Waals surface area contributed by atoms with Crippen molar-refractivity contribution in [2.24, 2.45) is 5.84 Å². The smallest absolute Gasteiger partial charge is 0.253 e. The van der Waals surface area contributed by atoms with Crippen molar-refractivity contribution in [2.45, 2.75) is 32.3 Å². The lowest BCUT2D eigenvalue weighted by Gasteiger charge is -2.36. The number of nitrogens with one attached hydrogen (secondary N) is 1. The van der Waals surface area contributed by atoms with Gasteiger partial charge in [0.15, 0.2) is 0 Å². The number of nitrogen functional groups attached to an aromatic ring is 1. The van der Waals surface area contributed by atoms with Crippen LogP contribution in [-0.2, 0) is 0 Å². The standard InChI is InChI=1S/C14H21N3O2/c1-10-8-11(4-5-12(10)16-15)13(18)17-7-3-6-14(2,19)9-17/h4-5,8,16,19H,3,6-7,9,15H2,1-2H3. The molecule has 0 saturated carbocycles. The van der Waals surface area contributed by atoms with Gasteiger partial charge in [-0.15, -0.1) is 0 Å². The molecule has 1 aliphatic heterocycles. The summed E-state index contributed by atoms with van der Waals surface area (Å²) in [7, 11) is 0. The lowest BCUT2D eigenvalue weighted by Crippen LogP contribution is -2.48. The van der Waals surface area contributed by atoms with E-state index in [1.807, 2.05) is 13.0 Å². The first-order valence-corrected chi connectivity index (χ1v) is 6.52. The summed E-state index contributed by atoms with van der Waals surface area (Å²) in [6, 6.07) is 5.37. The van der Waals surface area contributed by atoms with Gasteiger partial charge in [-0.3, -0.25) is 10.6 Å². The Morgan fingerprint density at radius 2 is 2.26 bits per heavy atom. The summed E-state index contributed by atoms with van der Waals surface area (Å²) in [5, 5.41) is 10.1. The predicted molar refractivity (Wildman–Crippen MR) is 74.8 cm³/mol. The number of anilines is 1. The fraction of sp³-hybridized carbons (Fsp3) is 0.500. The highest BCUT2D eigenvalue weighted by molar-refractivity contribution is 5.95. The summed E-state index contributed by atoms with van der Waals surface area (Å²) in [6.07, 6.45) is 1.58. The molecule has 1 fully saturated rings. The van der Waals surface area contributed by atoms with E-state index in [4.69, 9.17) is 5.84 Å². The van der Waals surface area contributed by atoms with Crippen LogP contribution in [0.1, 0.15) is 35.7 Å². The minimum absolute atomic E-state index is 0.0355. The number of piperidine rings is 1. The zero-order valence-electron chi connectivity index (χ0n) is 11.4. The fourth-order valence-corrected chi connectivity index (χ4v) is 2.53. The molecule has 0 radical (unpaired) electrons. The Morgan fingerprint density at radius 1 is 1.53 bits per heavy atom. The lowest BCUT2D eigenvalue weighted by atomic mass is 9.94. The van der Waals surface area contributed by atoms with Gasteiger partial charge in [-0.2, -0.15) is 0 Å². The van der Waals surface area contributed by atoms with Gasteiger partial charge in [0, 0.05) is 18.7 Å². The highest BCUT2D eigenvalue weighted by Gasteiger charge is 2.31. The molecule has 4 N–H and O–H groups in total. The molecule has 104 valence electrons. The maximum Gasteiger partial charge on any atom is 0.253 e. The number of carbonyl (C=O) groups is 1. The van der Waals surface area contributed by atoms with Crippen LogP contribution >= 0.6 is 0 Å². The normalized spacial score (nSPS) is 23.3. The first-order valence-electron chi connectivity index (χ1n) is 6.52.